The topological polar surface area (TPSA) is 75.0 Å². The summed E-state index contributed by atoms with van der Waals surface area (Å²) >= 11 is 0. The average Bonchev–Trinajstić information content (AvgIpc) is 3.51. The van der Waals surface area contributed by atoms with Gasteiger partial charge in [-0.2, -0.15) is 0 Å². The third-order valence-corrected chi connectivity index (χ3v) is 6.71. The Labute approximate surface area is 202 Å². The molecule has 0 radical (unpaired) electrons. The zero-order valence-electron chi connectivity index (χ0n) is 20.2. The Kier molecular flexibility index (Phi) is 8.63. The van der Waals surface area contributed by atoms with Gasteiger partial charge in [-0.25, -0.2) is 4.79 Å². The van der Waals surface area contributed by atoms with Gasteiger partial charge in [0.1, 0.15) is 18.1 Å². The van der Waals surface area contributed by atoms with Crippen molar-refractivity contribution in [2.45, 2.75) is 77.1 Å². The highest BCUT2D eigenvalue weighted by Gasteiger charge is 2.28. The van der Waals surface area contributed by atoms with E-state index in [4.69, 9.17) is 9.15 Å². The number of rotatable bonds is 9. The Morgan fingerprint density at radius 2 is 1.74 bits per heavy atom. The molecule has 2 fully saturated rings. The van der Waals surface area contributed by atoms with Crippen LogP contribution in [0.15, 0.2) is 46.9 Å². The van der Waals surface area contributed by atoms with E-state index in [0.29, 0.717) is 26.2 Å². The number of furan rings is 1. The molecule has 7 nitrogen and oxygen atoms in total. The van der Waals surface area contributed by atoms with E-state index >= 15 is 0 Å². The Balaban J connectivity index is 1.47. The summed E-state index contributed by atoms with van der Waals surface area (Å²) in [4.78, 5) is 30.2. The van der Waals surface area contributed by atoms with Gasteiger partial charge in [-0.3, -0.25) is 4.79 Å². The van der Waals surface area contributed by atoms with Crippen molar-refractivity contribution < 1.29 is 18.7 Å². The van der Waals surface area contributed by atoms with Gasteiger partial charge in [-0.15, -0.1) is 0 Å². The lowest BCUT2D eigenvalue weighted by molar-refractivity contribution is -0.133. The number of carbonyl (C=O) groups is 2. The van der Waals surface area contributed by atoms with Crippen LogP contribution in [0.3, 0.4) is 0 Å². The van der Waals surface area contributed by atoms with Crippen molar-refractivity contribution in [2.24, 2.45) is 0 Å². The molecule has 2 aliphatic rings. The lowest BCUT2D eigenvalue weighted by Gasteiger charge is -2.31. The smallest absolute Gasteiger partial charge is 0.318 e. The third kappa shape index (κ3) is 7.10. The van der Waals surface area contributed by atoms with E-state index in [1.165, 1.54) is 6.42 Å². The van der Waals surface area contributed by atoms with Gasteiger partial charge in [0, 0.05) is 25.7 Å². The maximum atomic E-state index is 13.6. The number of ether oxygens (including phenoxy) is 1. The highest BCUT2D eigenvalue weighted by atomic mass is 16.5. The van der Waals surface area contributed by atoms with Gasteiger partial charge in [0.2, 0.25) is 5.91 Å². The van der Waals surface area contributed by atoms with Crippen molar-refractivity contribution >= 4 is 11.9 Å². The van der Waals surface area contributed by atoms with Crippen LogP contribution in [0.5, 0.6) is 0 Å². The largest absolute Gasteiger partial charge is 0.464 e. The first-order chi connectivity index (χ1) is 16.6. The first-order valence-electron chi connectivity index (χ1n) is 12.6. The molecule has 1 atom stereocenters. The number of carbonyl (C=O) groups excluding carboxylic acids is 2. The maximum Gasteiger partial charge on any atom is 0.318 e. The standard InChI is InChI=1S/C27H37N3O4/c1-21-14-15-25(34-21)19-29(17-22-9-4-2-5-10-22)26(31)20-30(18-24-13-8-16-33-24)27(32)28-23-11-6-3-7-12-23/h2,4-5,9-10,14-15,23-24H,3,6-8,11-13,16-20H2,1H3,(H,28,32). The molecule has 1 aromatic heterocycles. The molecular weight excluding hydrogens is 430 g/mol. The zero-order chi connectivity index (χ0) is 23.8. The van der Waals surface area contributed by atoms with Gasteiger partial charge in [-0.05, 0) is 50.3 Å². The number of aryl methyl sites for hydroxylation is 1. The lowest BCUT2D eigenvalue weighted by Crippen LogP contribution is -2.51. The molecule has 3 amide bonds. The molecule has 2 aromatic rings. The lowest BCUT2D eigenvalue weighted by atomic mass is 9.96. The van der Waals surface area contributed by atoms with E-state index in [-0.39, 0.29) is 30.6 Å². The molecule has 1 saturated heterocycles. The predicted octanol–water partition coefficient (Wildman–Crippen LogP) is 4.64. The van der Waals surface area contributed by atoms with Crippen LogP contribution in [0.25, 0.3) is 0 Å². The van der Waals surface area contributed by atoms with Crippen molar-refractivity contribution in [3.8, 4) is 0 Å². The van der Waals surface area contributed by atoms with Crippen molar-refractivity contribution in [1.29, 1.82) is 0 Å². The molecule has 0 bridgehead atoms. The van der Waals surface area contributed by atoms with Crippen LogP contribution in [0.4, 0.5) is 4.79 Å². The van der Waals surface area contributed by atoms with Gasteiger partial charge >= 0.3 is 6.03 Å². The minimum Gasteiger partial charge on any atom is -0.464 e. The van der Waals surface area contributed by atoms with Crippen LogP contribution in [0.1, 0.15) is 62.0 Å². The first-order valence-corrected chi connectivity index (χ1v) is 12.6. The van der Waals surface area contributed by atoms with Crippen molar-refractivity contribution in [3.05, 3.63) is 59.5 Å². The Morgan fingerprint density at radius 3 is 2.41 bits per heavy atom. The quantitative estimate of drug-likeness (QED) is 0.583. The molecule has 1 N–H and O–H groups in total. The number of hydrogen-bond acceptors (Lipinski definition) is 4. The van der Waals surface area contributed by atoms with Crippen molar-refractivity contribution in [3.63, 3.8) is 0 Å². The maximum absolute atomic E-state index is 13.6. The highest BCUT2D eigenvalue weighted by Crippen LogP contribution is 2.19. The monoisotopic (exact) mass is 467 g/mol. The van der Waals surface area contributed by atoms with E-state index < -0.39 is 0 Å². The zero-order valence-corrected chi connectivity index (χ0v) is 20.2. The number of hydrogen-bond donors (Lipinski definition) is 1. The number of amides is 3. The first kappa shape index (κ1) is 24.3. The number of urea groups is 1. The number of nitrogens with one attached hydrogen (secondary N) is 1. The Morgan fingerprint density at radius 1 is 0.941 bits per heavy atom. The van der Waals surface area contributed by atoms with E-state index in [2.05, 4.69) is 5.32 Å². The van der Waals surface area contributed by atoms with Gasteiger partial charge in [0.05, 0.1) is 12.6 Å². The molecule has 1 aromatic carbocycles. The van der Waals surface area contributed by atoms with Gasteiger partial charge in [0.25, 0.3) is 0 Å². The molecule has 2 heterocycles. The van der Waals surface area contributed by atoms with Crippen LogP contribution >= 0.6 is 0 Å². The molecular formula is C27H37N3O4. The molecule has 7 heteroatoms. The van der Waals surface area contributed by atoms with Gasteiger partial charge in [-0.1, -0.05) is 49.6 Å². The molecule has 184 valence electrons. The summed E-state index contributed by atoms with van der Waals surface area (Å²) in [5, 5.41) is 3.18. The summed E-state index contributed by atoms with van der Waals surface area (Å²) in [5.74, 6) is 1.45. The summed E-state index contributed by atoms with van der Waals surface area (Å²) < 4.78 is 11.6. The van der Waals surface area contributed by atoms with E-state index in [9.17, 15) is 9.59 Å². The van der Waals surface area contributed by atoms with Crippen LogP contribution in [-0.2, 0) is 22.6 Å². The molecule has 0 spiro atoms. The SMILES string of the molecule is Cc1ccc(CN(Cc2ccccc2)C(=O)CN(CC2CCCO2)C(=O)NC2CCCCC2)o1. The molecule has 34 heavy (non-hydrogen) atoms. The summed E-state index contributed by atoms with van der Waals surface area (Å²) in [6.07, 6.45) is 7.42. The van der Waals surface area contributed by atoms with Gasteiger partial charge < -0.3 is 24.3 Å². The molecule has 1 aliphatic carbocycles. The van der Waals surface area contributed by atoms with E-state index in [0.717, 1.165) is 55.6 Å². The Bertz CT molecular complexity index is 917. The summed E-state index contributed by atoms with van der Waals surface area (Å²) in [7, 11) is 0. The summed E-state index contributed by atoms with van der Waals surface area (Å²) in [6, 6.07) is 13.7. The molecule has 4 rings (SSSR count). The highest BCUT2D eigenvalue weighted by molar-refractivity contribution is 5.84. The minimum absolute atomic E-state index is 0.0137. The second kappa shape index (κ2) is 12.1. The van der Waals surface area contributed by atoms with Crippen molar-refractivity contribution in [2.75, 3.05) is 19.7 Å². The normalized spacial score (nSPS) is 18.6. The van der Waals surface area contributed by atoms with E-state index in [1.54, 1.807) is 9.80 Å². The minimum atomic E-state index is -0.163. The van der Waals surface area contributed by atoms with Crippen LogP contribution in [0.2, 0.25) is 0 Å². The third-order valence-electron chi connectivity index (χ3n) is 6.71. The second-order valence-corrected chi connectivity index (χ2v) is 9.55. The summed E-state index contributed by atoms with van der Waals surface area (Å²) in [5.41, 5.74) is 1.04. The fourth-order valence-electron chi connectivity index (χ4n) is 4.82. The van der Waals surface area contributed by atoms with Crippen LogP contribution < -0.4 is 5.32 Å². The fourth-order valence-corrected chi connectivity index (χ4v) is 4.82. The number of nitrogens with zero attached hydrogens (tertiary/aromatic N) is 2. The summed E-state index contributed by atoms with van der Waals surface area (Å²) in [6.45, 7) is 3.88. The fraction of sp³-hybridized carbons (Fsp3) is 0.556. The van der Waals surface area contributed by atoms with Crippen molar-refractivity contribution in [1.82, 2.24) is 15.1 Å². The second-order valence-electron chi connectivity index (χ2n) is 9.55. The van der Waals surface area contributed by atoms with Gasteiger partial charge in [0.15, 0.2) is 0 Å². The molecule has 1 aliphatic heterocycles. The Hall–Kier alpha value is -2.80. The number of benzene rings is 1. The van der Waals surface area contributed by atoms with Crippen LogP contribution in [-0.4, -0.2) is 53.6 Å². The van der Waals surface area contributed by atoms with Crippen LogP contribution in [0, 0.1) is 6.92 Å². The average molecular weight is 468 g/mol. The molecule has 1 saturated carbocycles. The predicted molar refractivity (Wildman–Crippen MR) is 130 cm³/mol. The van der Waals surface area contributed by atoms with E-state index in [1.807, 2.05) is 49.4 Å². The molecule has 1 unspecified atom stereocenters.